The Balaban J connectivity index is 1.94. The van der Waals surface area contributed by atoms with Gasteiger partial charge in [0.25, 0.3) is 0 Å². The summed E-state index contributed by atoms with van der Waals surface area (Å²) < 4.78 is 5.25. The molecule has 1 unspecified atom stereocenters. The molecule has 1 atom stereocenters. The van der Waals surface area contributed by atoms with Crippen molar-refractivity contribution in [1.82, 2.24) is 10.3 Å². The van der Waals surface area contributed by atoms with E-state index >= 15 is 0 Å². The molecule has 0 bridgehead atoms. The second-order valence-corrected chi connectivity index (χ2v) is 5.74. The van der Waals surface area contributed by atoms with Crippen molar-refractivity contribution >= 4 is 16.8 Å². The van der Waals surface area contributed by atoms with Crippen LogP contribution in [0.2, 0.25) is 0 Å². The van der Waals surface area contributed by atoms with Gasteiger partial charge in [-0.05, 0) is 36.2 Å². The van der Waals surface area contributed by atoms with Crippen LogP contribution in [0.1, 0.15) is 24.2 Å². The fourth-order valence-electron chi connectivity index (χ4n) is 2.77. The molecule has 3 rings (SSSR count). The molecule has 1 amide bonds. The highest BCUT2D eigenvalue weighted by Gasteiger charge is 2.15. The predicted molar refractivity (Wildman–Crippen MR) is 95.0 cm³/mol. The van der Waals surface area contributed by atoms with E-state index in [9.17, 15) is 4.79 Å². The van der Waals surface area contributed by atoms with Crippen LogP contribution in [0.4, 0.5) is 0 Å². The molecule has 1 aromatic heterocycles. The SMILES string of the molecule is COc1ccc2nc(C(Cc3ccccc3)NC(C)=O)ccc2c1. The van der Waals surface area contributed by atoms with Crippen LogP contribution in [0.25, 0.3) is 10.9 Å². The maximum Gasteiger partial charge on any atom is 0.217 e. The Morgan fingerprint density at radius 3 is 2.62 bits per heavy atom. The molecular weight excluding hydrogens is 300 g/mol. The normalized spacial score (nSPS) is 11.9. The van der Waals surface area contributed by atoms with E-state index < -0.39 is 0 Å². The number of ether oxygens (including phenoxy) is 1. The van der Waals surface area contributed by atoms with Gasteiger partial charge in [-0.3, -0.25) is 9.78 Å². The number of hydrogen-bond acceptors (Lipinski definition) is 3. The smallest absolute Gasteiger partial charge is 0.217 e. The highest BCUT2D eigenvalue weighted by Crippen LogP contribution is 2.23. The number of nitrogens with zero attached hydrogens (tertiary/aromatic N) is 1. The van der Waals surface area contributed by atoms with Crippen LogP contribution in [0.5, 0.6) is 5.75 Å². The van der Waals surface area contributed by atoms with Crippen molar-refractivity contribution in [2.45, 2.75) is 19.4 Å². The van der Waals surface area contributed by atoms with Gasteiger partial charge in [-0.15, -0.1) is 0 Å². The maximum atomic E-state index is 11.6. The largest absolute Gasteiger partial charge is 0.497 e. The lowest BCUT2D eigenvalue weighted by Crippen LogP contribution is -2.28. The number of methoxy groups -OCH3 is 1. The molecule has 24 heavy (non-hydrogen) atoms. The lowest BCUT2D eigenvalue weighted by Gasteiger charge is -2.18. The number of benzene rings is 2. The molecule has 1 N–H and O–H groups in total. The topological polar surface area (TPSA) is 51.2 Å². The van der Waals surface area contributed by atoms with Crippen LogP contribution in [0.3, 0.4) is 0 Å². The van der Waals surface area contributed by atoms with Gasteiger partial charge in [0.2, 0.25) is 5.91 Å². The third-order valence-electron chi connectivity index (χ3n) is 3.94. The van der Waals surface area contributed by atoms with Crippen molar-refractivity contribution in [2.75, 3.05) is 7.11 Å². The molecule has 4 nitrogen and oxygen atoms in total. The van der Waals surface area contributed by atoms with Gasteiger partial charge in [-0.1, -0.05) is 36.4 Å². The van der Waals surface area contributed by atoms with E-state index in [2.05, 4.69) is 17.4 Å². The lowest BCUT2D eigenvalue weighted by molar-refractivity contribution is -0.119. The number of carbonyl (C=O) groups excluding carboxylic acids is 1. The Kier molecular flexibility index (Phi) is 4.75. The summed E-state index contributed by atoms with van der Waals surface area (Å²) in [5, 5.41) is 4.02. The summed E-state index contributed by atoms with van der Waals surface area (Å²) in [5.74, 6) is 0.743. The highest BCUT2D eigenvalue weighted by molar-refractivity contribution is 5.80. The summed E-state index contributed by atoms with van der Waals surface area (Å²) in [6.07, 6.45) is 0.703. The predicted octanol–water partition coefficient (Wildman–Crippen LogP) is 3.66. The molecule has 0 aliphatic heterocycles. The van der Waals surface area contributed by atoms with Gasteiger partial charge >= 0.3 is 0 Å². The first-order valence-corrected chi connectivity index (χ1v) is 7.91. The van der Waals surface area contributed by atoms with Gasteiger partial charge in [0, 0.05) is 12.3 Å². The van der Waals surface area contributed by atoms with Gasteiger partial charge in [-0.2, -0.15) is 0 Å². The number of pyridine rings is 1. The molecule has 0 radical (unpaired) electrons. The van der Waals surface area contributed by atoms with Crippen LogP contribution >= 0.6 is 0 Å². The van der Waals surface area contributed by atoms with E-state index in [4.69, 9.17) is 9.72 Å². The molecule has 122 valence electrons. The first-order valence-electron chi connectivity index (χ1n) is 7.91. The molecule has 0 aliphatic carbocycles. The quantitative estimate of drug-likeness (QED) is 0.780. The Bertz CT molecular complexity index is 847. The monoisotopic (exact) mass is 320 g/mol. The van der Waals surface area contributed by atoms with Crippen LogP contribution in [0.15, 0.2) is 60.7 Å². The molecule has 1 heterocycles. The number of aromatic nitrogens is 1. The third kappa shape index (κ3) is 3.71. The minimum absolute atomic E-state index is 0.0624. The van der Waals surface area contributed by atoms with Crippen LogP contribution in [-0.4, -0.2) is 18.0 Å². The molecule has 0 fully saturated rings. The van der Waals surface area contributed by atoms with Crippen molar-refractivity contribution in [2.24, 2.45) is 0 Å². The molecule has 2 aromatic carbocycles. The second-order valence-electron chi connectivity index (χ2n) is 5.74. The van der Waals surface area contributed by atoms with Crippen LogP contribution < -0.4 is 10.1 Å². The van der Waals surface area contributed by atoms with Gasteiger partial charge in [0.1, 0.15) is 5.75 Å². The Labute approximate surface area is 141 Å². The average molecular weight is 320 g/mol. The van der Waals surface area contributed by atoms with E-state index in [1.54, 1.807) is 7.11 Å². The molecule has 0 saturated heterocycles. The van der Waals surface area contributed by atoms with Crippen LogP contribution in [0, 0.1) is 0 Å². The lowest BCUT2D eigenvalue weighted by atomic mass is 10.0. The van der Waals surface area contributed by atoms with Crippen molar-refractivity contribution in [3.8, 4) is 5.75 Å². The molecule has 0 aliphatic rings. The summed E-state index contributed by atoms with van der Waals surface area (Å²) in [4.78, 5) is 16.3. The van der Waals surface area contributed by atoms with E-state index in [-0.39, 0.29) is 11.9 Å². The molecule has 0 spiro atoms. The number of rotatable bonds is 5. The zero-order valence-corrected chi connectivity index (χ0v) is 13.8. The molecule has 3 aromatic rings. The summed E-state index contributed by atoms with van der Waals surface area (Å²) in [7, 11) is 1.65. The van der Waals surface area contributed by atoms with Gasteiger partial charge in [0.05, 0.1) is 24.4 Å². The van der Waals surface area contributed by atoms with Crippen molar-refractivity contribution in [3.63, 3.8) is 0 Å². The van der Waals surface area contributed by atoms with E-state index in [1.165, 1.54) is 6.92 Å². The zero-order chi connectivity index (χ0) is 16.9. The minimum Gasteiger partial charge on any atom is -0.497 e. The molecular formula is C20H20N2O2. The Morgan fingerprint density at radius 2 is 1.92 bits per heavy atom. The number of carbonyl (C=O) groups is 1. The Morgan fingerprint density at radius 1 is 1.12 bits per heavy atom. The summed E-state index contributed by atoms with van der Waals surface area (Å²) in [5.41, 5.74) is 2.90. The Hall–Kier alpha value is -2.88. The van der Waals surface area contributed by atoms with E-state index in [1.807, 2.05) is 48.5 Å². The van der Waals surface area contributed by atoms with Crippen LogP contribution in [-0.2, 0) is 11.2 Å². The first kappa shape index (κ1) is 16.0. The summed E-state index contributed by atoms with van der Waals surface area (Å²) in [6, 6.07) is 19.7. The average Bonchev–Trinajstić information content (AvgIpc) is 2.60. The number of nitrogens with one attached hydrogen (secondary N) is 1. The first-order chi connectivity index (χ1) is 11.7. The van der Waals surface area contributed by atoms with Crippen molar-refractivity contribution in [3.05, 3.63) is 71.9 Å². The molecule has 0 saturated carbocycles. The number of hydrogen-bond donors (Lipinski definition) is 1. The maximum absolute atomic E-state index is 11.6. The summed E-state index contributed by atoms with van der Waals surface area (Å²) in [6.45, 7) is 1.53. The van der Waals surface area contributed by atoms with Gasteiger partial charge in [-0.25, -0.2) is 0 Å². The fourth-order valence-corrected chi connectivity index (χ4v) is 2.77. The standard InChI is InChI=1S/C20H20N2O2/c1-14(23)21-20(12-15-6-4-3-5-7-15)19-10-8-16-13-17(24-2)9-11-18(16)22-19/h3-11,13,20H,12H2,1-2H3,(H,21,23). The number of amides is 1. The van der Waals surface area contributed by atoms with E-state index in [0.29, 0.717) is 6.42 Å². The fraction of sp³-hybridized carbons (Fsp3) is 0.200. The second kappa shape index (κ2) is 7.13. The van der Waals surface area contributed by atoms with Crippen molar-refractivity contribution in [1.29, 1.82) is 0 Å². The summed E-state index contributed by atoms with van der Waals surface area (Å²) >= 11 is 0. The third-order valence-corrected chi connectivity index (χ3v) is 3.94. The number of fused-ring (bicyclic) bond motifs is 1. The highest BCUT2D eigenvalue weighted by atomic mass is 16.5. The van der Waals surface area contributed by atoms with Crippen molar-refractivity contribution < 1.29 is 9.53 Å². The zero-order valence-electron chi connectivity index (χ0n) is 13.8. The molecule has 4 heteroatoms. The van der Waals surface area contributed by atoms with Gasteiger partial charge < -0.3 is 10.1 Å². The van der Waals surface area contributed by atoms with E-state index in [0.717, 1.165) is 27.9 Å². The minimum atomic E-state index is -0.156. The van der Waals surface area contributed by atoms with Gasteiger partial charge in [0.15, 0.2) is 0 Å².